The number of rotatable bonds is 5. The number of hydrogen-bond acceptors (Lipinski definition) is 2. The molecule has 0 unspecified atom stereocenters. The highest BCUT2D eigenvalue weighted by atomic mass is 16.5. The number of nitrogens with zero attached hydrogens (tertiary/aromatic N) is 1. The van der Waals surface area contributed by atoms with Crippen LogP contribution in [0.15, 0.2) is 42.6 Å². The maximum atomic E-state index is 11.1. The second-order valence-corrected chi connectivity index (χ2v) is 3.87. The van der Waals surface area contributed by atoms with Crippen LogP contribution in [0.25, 0.3) is 0 Å². The third-order valence-corrected chi connectivity index (χ3v) is 2.77. The van der Waals surface area contributed by atoms with E-state index in [9.17, 15) is 4.79 Å². The van der Waals surface area contributed by atoms with Crippen molar-refractivity contribution >= 4 is 5.97 Å². The van der Waals surface area contributed by atoms with Crippen LogP contribution in [0.5, 0.6) is 5.75 Å². The first kappa shape index (κ1) is 12.2. The molecule has 0 aliphatic heterocycles. The smallest absolute Gasteiger partial charge is 0.337 e. The van der Waals surface area contributed by atoms with Gasteiger partial charge in [-0.25, -0.2) is 4.79 Å². The zero-order chi connectivity index (χ0) is 13.0. The molecule has 0 atom stereocenters. The van der Waals surface area contributed by atoms with Gasteiger partial charge >= 0.3 is 5.97 Å². The molecule has 1 aromatic carbocycles. The van der Waals surface area contributed by atoms with Crippen LogP contribution in [0.1, 0.15) is 23.0 Å². The minimum absolute atomic E-state index is 0.256. The summed E-state index contributed by atoms with van der Waals surface area (Å²) in [5.41, 5.74) is 0.988. The summed E-state index contributed by atoms with van der Waals surface area (Å²) in [5.74, 6) is -0.188. The Kier molecular flexibility index (Phi) is 3.67. The van der Waals surface area contributed by atoms with Gasteiger partial charge in [0.25, 0.3) is 0 Å². The molecule has 0 radical (unpaired) electrons. The fourth-order valence-corrected chi connectivity index (χ4v) is 1.83. The summed E-state index contributed by atoms with van der Waals surface area (Å²) in [7, 11) is 0. The first-order valence-corrected chi connectivity index (χ1v) is 5.81. The SMILES string of the molecule is CCn1ccc(C(=O)O)c1COc1ccccc1. The quantitative estimate of drug-likeness (QED) is 0.881. The lowest BCUT2D eigenvalue weighted by molar-refractivity contribution is 0.0693. The van der Waals surface area contributed by atoms with E-state index >= 15 is 0 Å². The number of aryl methyl sites for hydroxylation is 1. The Labute approximate surface area is 105 Å². The molecule has 2 rings (SSSR count). The van der Waals surface area contributed by atoms with Crippen LogP contribution in [0.4, 0.5) is 0 Å². The van der Waals surface area contributed by atoms with Crippen LogP contribution in [0, 0.1) is 0 Å². The Hall–Kier alpha value is -2.23. The molecule has 0 saturated heterocycles. The number of para-hydroxylation sites is 1. The molecule has 1 heterocycles. The van der Waals surface area contributed by atoms with Crippen LogP contribution < -0.4 is 4.74 Å². The van der Waals surface area contributed by atoms with Gasteiger partial charge in [0.05, 0.1) is 11.3 Å². The molecule has 0 aliphatic rings. The Morgan fingerprint density at radius 1 is 1.28 bits per heavy atom. The number of ether oxygens (including phenoxy) is 1. The third-order valence-electron chi connectivity index (χ3n) is 2.77. The molecule has 0 aliphatic carbocycles. The predicted molar refractivity (Wildman–Crippen MR) is 67.8 cm³/mol. The van der Waals surface area contributed by atoms with Gasteiger partial charge in [0.1, 0.15) is 12.4 Å². The van der Waals surface area contributed by atoms with Gasteiger partial charge in [0, 0.05) is 12.7 Å². The number of benzene rings is 1. The maximum absolute atomic E-state index is 11.1. The standard InChI is InChI=1S/C14H15NO3/c1-2-15-9-8-12(14(16)17)13(15)10-18-11-6-4-3-5-7-11/h3-9H,2,10H2,1H3,(H,16,17). The first-order valence-electron chi connectivity index (χ1n) is 5.81. The van der Waals surface area contributed by atoms with E-state index < -0.39 is 5.97 Å². The lowest BCUT2D eigenvalue weighted by Gasteiger charge is -2.10. The molecule has 0 bridgehead atoms. The van der Waals surface area contributed by atoms with Gasteiger partial charge in [-0.2, -0.15) is 0 Å². The molecular formula is C14H15NO3. The van der Waals surface area contributed by atoms with Gasteiger partial charge in [-0.1, -0.05) is 18.2 Å². The van der Waals surface area contributed by atoms with E-state index in [-0.39, 0.29) is 6.61 Å². The monoisotopic (exact) mass is 245 g/mol. The van der Waals surface area contributed by atoms with Crippen molar-refractivity contribution in [3.63, 3.8) is 0 Å². The Morgan fingerprint density at radius 2 is 2.00 bits per heavy atom. The number of aromatic nitrogens is 1. The lowest BCUT2D eigenvalue weighted by atomic mass is 10.2. The number of hydrogen-bond donors (Lipinski definition) is 1. The normalized spacial score (nSPS) is 10.3. The highest BCUT2D eigenvalue weighted by molar-refractivity contribution is 5.89. The molecule has 1 aromatic heterocycles. The van der Waals surface area contributed by atoms with E-state index in [4.69, 9.17) is 9.84 Å². The molecular weight excluding hydrogens is 230 g/mol. The molecule has 18 heavy (non-hydrogen) atoms. The molecule has 94 valence electrons. The second-order valence-electron chi connectivity index (χ2n) is 3.87. The van der Waals surface area contributed by atoms with Crippen LogP contribution in [0.3, 0.4) is 0 Å². The van der Waals surface area contributed by atoms with Crippen molar-refractivity contribution < 1.29 is 14.6 Å². The molecule has 0 saturated carbocycles. The predicted octanol–water partition coefficient (Wildman–Crippen LogP) is 2.79. The van der Waals surface area contributed by atoms with E-state index in [0.29, 0.717) is 11.3 Å². The van der Waals surface area contributed by atoms with Crippen molar-refractivity contribution in [2.45, 2.75) is 20.1 Å². The highest BCUT2D eigenvalue weighted by Crippen LogP contribution is 2.16. The minimum atomic E-state index is -0.922. The summed E-state index contributed by atoms with van der Waals surface area (Å²) in [4.78, 5) is 11.1. The van der Waals surface area contributed by atoms with Crippen molar-refractivity contribution in [2.24, 2.45) is 0 Å². The minimum Gasteiger partial charge on any atom is -0.487 e. The summed E-state index contributed by atoms with van der Waals surface area (Å²) < 4.78 is 7.48. The van der Waals surface area contributed by atoms with Crippen molar-refractivity contribution in [2.75, 3.05) is 0 Å². The summed E-state index contributed by atoms with van der Waals surface area (Å²) in [6, 6.07) is 11.0. The molecule has 4 nitrogen and oxygen atoms in total. The van der Waals surface area contributed by atoms with Crippen LogP contribution in [-0.4, -0.2) is 15.6 Å². The zero-order valence-electron chi connectivity index (χ0n) is 10.2. The van der Waals surface area contributed by atoms with Crippen molar-refractivity contribution in [3.05, 3.63) is 53.9 Å². The third kappa shape index (κ3) is 2.53. The van der Waals surface area contributed by atoms with Gasteiger partial charge < -0.3 is 14.4 Å². The number of aromatic carboxylic acids is 1. The van der Waals surface area contributed by atoms with E-state index in [0.717, 1.165) is 12.3 Å². The van der Waals surface area contributed by atoms with E-state index in [2.05, 4.69) is 0 Å². The van der Waals surface area contributed by atoms with E-state index in [1.165, 1.54) is 0 Å². The molecule has 0 fully saturated rings. The molecule has 4 heteroatoms. The summed E-state index contributed by atoms with van der Waals surface area (Å²) in [5, 5.41) is 9.10. The number of carboxylic acid groups (broad SMARTS) is 1. The Morgan fingerprint density at radius 3 is 2.61 bits per heavy atom. The van der Waals surface area contributed by atoms with Gasteiger partial charge in [-0.15, -0.1) is 0 Å². The Bertz CT molecular complexity index is 531. The van der Waals surface area contributed by atoms with Crippen molar-refractivity contribution in [3.8, 4) is 5.75 Å². The molecule has 2 aromatic rings. The highest BCUT2D eigenvalue weighted by Gasteiger charge is 2.14. The topological polar surface area (TPSA) is 51.5 Å². The first-order chi connectivity index (χ1) is 8.72. The number of carbonyl (C=O) groups is 1. The van der Waals surface area contributed by atoms with Gasteiger partial charge in [0.15, 0.2) is 0 Å². The molecule has 0 amide bonds. The second kappa shape index (κ2) is 5.40. The van der Waals surface area contributed by atoms with Crippen molar-refractivity contribution in [1.29, 1.82) is 0 Å². The molecule has 0 spiro atoms. The van der Waals surface area contributed by atoms with Crippen LogP contribution >= 0.6 is 0 Å². The van der Waals surface area contributed by atoms with Gasteiger partial charge in [0.2, 0.25) is 0 Å². The molecule has 1 N–H and O–H groups in total. The lowest BCUT2D eigenvalue weighted by Crippen LogP contribution is -2.09. The van der Waals surface area contributed by atoms with Gasteiger partial charge in [-0.3, -0.25) is 0 Å². The maximum Gasteiger partial charge on any atom is 0.337 e. The van der Waals surface area contributed by atoms with Crippen LogP contribution in [-0.2, 0) is 13.2 Å². The van der Waals surface area contributed by atoms with Gasteiger partial charge in [-0.05, 0) is 25.1 Å². The summed E-state index contributed by atoms with van der Waals surface area (Å²) >= 11 is 0. The number of carboxylic acids is 1. The fraction of sp³-hybridized carbons (Fsp3) is 0.214. The largest absolute Gasteiger partial charge is 0.487 e. The fourth-order valence-electron chi connectivity index (χ4n) is 1.83. The van der Waals surface area contributed by atoms with E-state index in [1.54, 1.807) is 12.3 Å². The Balaban J connectivity index is 2.17. The average molecular weight is 245 g/mol. The van der Waals surface area contributed by atoms with Crippen molar-refractivity contribution in [1.82, 2.24) is 4.57 Å². The average Bonchev–Trinajstić information content (AvgIpc) is 2.80. The zero-order valence-corrected chi connectivity index (χ0v) is 10.2. The summed E-state index contributed by atoms with van der Waals surface area (Å²) in [6.45, 7) is 2.95. The van der Waals surface area contributed by atoms with Crippen LogP contribution in [0.2, 0.25) is 0 Å². The summed E-state index contributed by atoms with van der Waals surface area (Å²) in [6.07, 6.45) is 1.77. The van der Waals surface area contributed by atoms with E-state index in [1.807, 2.05) is 41.8 Å².